The first kappa shape index (κ1) is 15.4. The zero-order chi connectivity index (χ0) is 16.4. The highest BCUT2D eigenvalue weighted by molar-refractivity contribution is 5.79. The number of hydrogen-bond donors (Lipinski definition) is 0. The van der Waals surface area contributed by atoms with Gasteiger partial charge < -0.3 is 4.90 Å². The molecule has 1 heteroatoms. The molecule has 0 N–H and O–H groups in total. The fourth-order valence-electron chi connectivity index (χ4n) is 3.00. The van der Waals surface area contributed by atoms with Crippen LogP contribution in [-0.4, -0.2) is 0 Å². The SMILES string of the molecule is Cc1cc(N(c2ccccc2)c2ccccc2)c(C)c(C)c1C. The lowest BCUT2D eigenvalue weighted by Gasteiger charge is -2.29. The molecule has 1 nitrogen and oxygen atoms in total. The second-order valence-corrected chi connectivity index (χ2v) is 6.09. The molecule has 0 amide bonds. The molecule has 0 aliphatic carbocycles. The summed E-state index contributed by atoms with van der Waals surface area (Å²) in [7, 11) is 0. The van der Waals surface area contributed by atoms with Gasteiger partial charge in [0.25, 0.3) is 0 Å². The van der Waals surface area contributed by atoms with Crippen molar-refractivity contribution in [3.63, 3.8) is 0 Å². The third-order valence-electron chi connectivity index (χ3n) is 4.72. The molecule has 23 heavy (non-hydrogen) atoms. The largest absolute Gasteiger partial charge is 0.310 e. The topological polar surface area (TPSA) is 3.24 Å². The van der Waals surface area contributed by atoms with Crippen LogP contribution in [-0.2, 0) is 0 Å². The summed E-state index contributed by atoms with van der Waals surface area (Å²) >= 11 is 0. The zero-order valence-electron chi connectivity index (χ0n) is 14.3. The zero-order valence-corrected chi connectivity index (χ0v) is 14.3. The average Bonchev–Trinajstić information content (AvgIpc) is 2.60. The first-order chi connectivity index (χ1) is 11.1. The van der Waals surface area contributed by atoms with Crippen LogP contribution in [0.5, 0.6) is 0 Å². The maximum Gasteiger partial charge on any atom is 0.0496 e. The van der Waals surface area contributed by atoms with E-state index in [1.54, 1.807) is 0 Å². The maximum absolute atomic E-state index is 2.34. The van der Waals surface area contributed by atoms with Crippen molar-refractivity contribution in [2.45, 2.75) is 27.7 Å². The Bertz CT molecular complexity index is 765. The predicted molar refractivity (Wildman–Crippen MR) is 100 cm³/mol. The molecule has 0 fully saturated rings. The first-order valence-corrected chi connectivity index (χ1v) is 8.07. The molecule has 0 heterocycles. The quantitative estimate of drug-likeness (QED) is 0.541. The van der Waals surface area contributed by atoms with Crippen LogP contribution in [0.4, 0.5) is 17.1 Å². The number of hydrogen-bond acceptors (Lipinski definition) is 1. The molecule has 0 saturated carbocycles. The van der Waals surface area contributed by atoms with Crippen LogP contribution in [0.3, 0.4) is 0 Å². The van der Waals surface area contributed by atoms with Gasteiger partial charge in [-0.2, -0.15) is 0 Å². The number of anilines is 3. The van der Waals surface area contributed by atoms with Crippen LogP contribution >= 0.6 is 0 Å². The van der Waals surface area contributed by atoms with Crippen molar-refractivity contribution in [3.8, 4) is 0 Å². The van der Waals surface area contributed by atoms with Gasteiger partial charge in [-0.05, 0) is 80.3 Å². The van der Waals surface area contributed by atoms with Gasteiger partial charge in [0, 0.05) is 17.1 Å². The molecule has 116 valence electrons. The van der Waals surface area contributed by atoms with Crippen molar-refractivity contribution in [2.24, 2.45) is 0 Å². The molecule has 0 atom stereocenters. The summed E-state index contributed by atoms with van der Waals surface area (Å²) in [4.78, 5) is 2.34. The Morgan fingerprint density at radius 3 is 1.52 bits per heavy atom. The molecule has 0 unspecified atom stereocenters. The number of rotatable bonds is 3. The Morgan fingerprint density at radius 1 is 0.565 bits per heavy atom. The molecule has 0 spiro atoms. The summed E-state index contributed by atoms with van der Waals surface area (Å²) < 4.78 is 0. The molecule has 0 aliphatic rings. The minimum absolute atomic E-state index is 1.18. The third-order valence-corrected chi connectivity index (χ3v) is 4.72. The lowest BCUT2D eigenvalue weighted by atomic mass is 9.96. The predicted octanol–water partition coefficient (Wildman–Crippen LogP) is 6.39. The minimum Gasteiger partial charge on any atom is -0.310 e. The summed E-state index contributed by atoms with van der Waals surface area (Å²) in [5.74, 6) is 0. The van der Waals surface area contributed by atoms with Gasteiger partial charge >= 0.3 is 0 Å². The lowest BCUT2D eigenvalue weighted by Crippen LogP contribution is -2.12. The van der Waals surface area contributed by atoms with Crippen LogP contribution in [0.25, 0.3) is 0 Å². The second kappa shape index (κ2) is 6.29. The summed E-state index contributed by atoms with van der Waals surface area (Å²) in [6.07, 6.45) is 0. The Balaban J connectivity index is 2.26. The van der Waals surface area contributed by atoms with Crippen LogP contribution in [0, 0.1) is 27.7 Å². The molecular formula is C22H23N. The highest BCUT2D eigenvalue weighted by atomic mass is 15.1. The van der Waals surface area contributed by atoms with E-state index < -0.39 is 0 Å². The van der Waals surface area contributed by atoms with Crippen molar-refractivity contribution in [2.75, 3.05) is 4.90 Å². The van der Waals surface area contributed by atoms with Crippen molar-refractivity contribution < 1.29 is 0 Å². The van der Waals surface area contributed by atoms with Gasteiger partial charge in [0.2, 0.25) is 0 Å². The Kier molecular flexibility index (Phi) is 4.20. The Morgan fingerprint density at radius 2 is 1.04 bits per heavy atom. The van der Waals surface area contributed by atoms with Gasteiger partial charge in [0.05, 0.1) is 0 Å². The van der Waals surface area contributed by atoms with Crippen molar-refractivity contribution >= 4 is 17.1 Å². The van der Waals surface area contributed by atoms with Crippen LogP contribution < -0.4 is 4.90 Å². The number of nitrogens with zero attached hydrogens (tertiary/aromatic N) is 1. The monoisotopic (exact) mass is 301 g/mol. The summed E-state index contributed by atoms with van der Waals surface area (Å²) in [6, 6.07) is 23.4. The summed E-state index contributed by atoms with van der Waals surface area (Å²) in [6.45, 7) is 8.83. The normalized spacial score (nSPS) is 10.6. The highest BCUT2D eigenvalue weighted by Gasteiger charge is 2.16. The van der Waals surface area contributed by atoms with E-state index in [2.05, 4.69) is 99.3 Å². The maximum atomic E-state index is 2.34. The fraction of sp³-hybridized carbons (Fsp3) is 0.182. The molecule has 3 aromatic carbocycles. The third kappa shape index (κ3) is 2.87. The number of aryl methyl sites for hydroxylation is 1. The lowest BCUT2D eigenvalue weighted by molar-refractivity contribution is 1.17. The summed E-state index contributed by atoms with van der Waals surface area (Å²) in [5.41, 5.74) is 9.04. The van der Waals surface area contributed by atoms with E-state index in [9.17, 15) is 0 Å². The van der Waals surface area contributed by atoms with Gasteiger partial charge in [0.1, 0.15) is 0 Å². The molecule has 0 aromatic heterocycles. The summed E-state index contributed by atoms with van der Waals surface area (Å²) in [5, 5.41) is 0. The van der Waals surface area contributed by atoms with Gasteiger partial charge in [-0.3, -0.25) is 0 Å². The van der Waals surface area contributed by atoms with Crippen LogP contribution in [0.1, 0.15) is 22.3 Å². The highest BCUT2D eigenvalue weighted by Crippen LogP contribution is 2.38. The van der Waals surface area contributed by atoms with E-state index in [1.807, 2.05) is 0 Å². The van der Waals surface area contributed by atoms with Gasteiger partial charge in [0.15, 0.2) is 0 Å². The van der Waals surface area contributed by atoms with E-state index in [1.165, 1.54) is 39.3 Å². The average molecular weight is 301 g/mol. The van der Waals surface area contributed by atoms with Crippen LogP contribution in [0.15, 0.2) is 66.7 Å². The molecule has 0 radical (unpaired) electrons. The standard InChI is InChI=1S/C22H23N/c1-16-15-22(19(4)18(3)17(16)2)23(20-11-7-5-8-12-20)21-13-9-6-10-14-21/h5-15H,1-4H3. The molecule has 0 saturated heterocycles. The smallest absolute Gasteiger partial charge is 0.0496 e. The van der Waals surface area contributed by atoms with Crippen molar-refractivity contribution in [1.82, 2.24) is 0 Å². The van der Waals surface area contributed by atoms with E-state index in [0.717, 1.165) is 0 Å². The van der Waals surface area contributed by atoms with Crippen molar-refractivity contribution in [1.29, 1.82) is 0 Å². The number of para-hydroxylation sites is 2. The molecule has 3 rings (SSSR count). The molecule has 0 aliphatic heterocycles. The van der Waals surface area contributed by atoms with Gasteiger partial charge in [-0.15, -0.1) is 0 Å². The Hall–Kier alpha value is -2.54. The molecule has 0 bridgehead atoms. The van der Waals surface area contributed by atoms with E-state index >= 15 is 0 Å². The van der Waals surface area contributed by atoms with E-state index in [-0.39, 0.29) is 0 Å². The number of benzene rings is 3. The van der Waals surface area contributed by atoms with Gasteiger partial charge in [-0.1, -0.05) is 36.4 Å². The Labute approximate surface area is 139 Å². The van der Waals surface area contributed by atoms with Crippen molar-refractivity contribution in [3.05, 3.63) is 89.0 Å². The molecule has 3 aromatic rings. The minimum atomic E-state index is 1.18. The van der Waals surface area contributed by atoms with E-state index in [0.29, 0.717) is 0 Å². The fourth-order valence-corrected chi connectivity index (χ4v) is 3.00. The van der Waals surface area contributed by atoms with Crippen LogP contribution in [0.2, 0.25) is 0 Å². The van der Waals surface area contributed by atoms with E-state index in [4.69, 9.17) is 0 Å². The van der Waals surface area contributed by atoms with Gasteiger partial charge in [-0.25, -0.2) is 0 Å². The second-order valence-electron chi connectivity index (χ2n) is 6.09. The first-order valence-electron chi connectivity index (χ1n) is 8.07. The molecular weight excluding hydrogens is 278 g/mol.